The van der Waals surface area contributed by atoms with E-state index in [4.69, 9.17) is 4.52 Å². The number of aromatic nitrogens is 1. The minimum absolute atomic E-state index is 0. The number of likely N-dealkylation sites (tertiary alicyclic amines) is 1. The number of rotatable bonds is 2. The van der Waals surface area contributed by atoms with Crippen LogP contribution in [0.4, 0.5) is 0 Å². The second-order valence-electron chi connectivity index (χ2n) is 6.22. The third-order valence-corrected chi connectivity index (χ3v) is 4.98. The Kier molecular flexibility index (Phi) is 4.41. The molecule has 0 radical (unpaired) electrons. The molecule has 122 valence electrons. The van der Waals surface area contributed by atoms with Crippen LogP contribution in [-0.2, 0) is 0 Å². The summed E-state index contributed by atoms with van der Waals surface area (Å²) in [5.74, 6) is 1.25. The molecule has 3 atom stereocenters. The van der Waals surface area contributed by atoms with Crippen LogP contribution in [0.5, 0.6) is 0 Å². The molecule has 5 nitrogen and oxygen atoms in total. The van der Waals surface area contributed by atoms with Crippen LogP contribution < -0.4 is 5.32 Å². The zero-order valence-corrected chi connectivity index (χ0v) is 13.8. The van der Waals surface area contributed by atoms with Crippen molar-refractivity contribution in [3.05, 3.63) is 53.4 Å². The number of carbonyl (C=O) groups is 1. The Morgan fingerprint density at radius 2 is 2.13 bits per heavy atom. The second kappa shape index (κ2) is 6.34. The minimum Gasteiger partial charge on any atom is -0.351 e. The summed E-state index contributed by atoms with van der Waals surface area (Å²) in [6.45, 7) is 4.83. The molecule has 0 unspecified atom stereocenters. The van der Waals surface area contributed by atoms with Crippen LogP contribution in [0.1, 0.15) is 27.7 Å². The predicted molar refractivity (Wildman–Crippen MR) is 88.6 cm³/mol. The van der Waals surface area contributed by atoms with Crippen LogP contribution in [0.15, 0.2) is 41.1 Å². The Hall–Kier alpha value is -1.85. The van der Waals surface area contributed by atoms with Gasteiger partial charge in [-0.3, -0.25) is 4.79 Å². The van der Waals surface area contributed by atoms with E-state index in [9.17, 15) is 4.79 Å². The van der Waals surface area contributed by atoms with Gasteiger partial charge in [-0.15, -0.1) is 12.4 Å². The average Bonchev–Trinajstić information content (AvgIpc) is 3.24. The molecule has 0 bridgehead atoms. The molecule has 3 heterocycles. The van der Waals surface area contributed by atoms with Gasteiger partial charge in [-0.2, -0.15) is 0 Å². The maximum absolute atomic E-state index is 12.8. The zero-order valence-electron chi connectivity index (χ0n) is 12.9. The Morgan fingerprint density at radius 1 is 1.30 bits per heavy atom. The smallest absolute Gasteiger partial charge is 0.292 e. The number of benzene rings is 1. The molecule has 4 rings (SSSR count). The van der Waals surface area contributed by atoms with Crippen molar-refractivity contribution < 1.29 is 9.32 Å². The summed E-state index contributed by atoms with van der Waals surface area (Å²) < 4.78 is 5.09. The first-order chi connectivity index (χ1) is 10.8. The van der Waals surface area contributed by atoms with Crippen LogP contribution in [0.2, 0.25) is 0 Å². The normalized spacial score (nSPS) is 26.0. The summed E-state index contributed by atoms with van der Waals surface area (Å²) in [6, 6.07) is 10.1. The van der Waals surface area contributed by atoms with Crippen LogP contribution in [0, 0.1) is 18.8 Å². The molecule has 0 spiro atoms. The van der Waals surface area contributed by atoms with Crippen LogP contribution >= 0.6 is 12.4 Å². The molecule has 1 N–H and O–H groups in total. The fourth-order valence-electron chi connectivity index (χ4n) is 3.91. The number of carbonyl (C=O) groups excluding carboxylic acids is 1. The fourth-order valence-corrected chi connectivity index (χ4v) is 3.91. The van der Waals surface area contributed by atoms with Crippen LogP contribution in [0.3, 0.4) is 0 Å². The first kappa shape index (κ1) is 16.0. The maximum Gasteiger partial charge on any atom is 0.292 e. The van der Waals surface area contributed by atoms with E-state index in [1.807, 2.05) is 11.0 Å². The number of fused-ring (bicyclic) bond motifs is 1. The molecule has 0 saturated carbocycles. The summed E-state index contributed by atoms with van der Waals surface area (Å²) in [5.41, 5.74) is 2.47. The lowest BCUT2D eigenvalue weighted by Crippen LogP contribution is -2.34. The fraction of sp³-hybridized carbons (Fsp3) is 0.412. The lowest BCUT2D eigenvalue weighted by Gasteiger charge is -2.28. The van der Waals surface area contributed by atoms with E-state index in [0.29, 0.717) is 17.6 Å². The predicted octanol–water partition coefficient (Wildman–Crippen LogP) is 2.44. The monoisotopic (exact) mass is 333 g/mol. The molecule has 2 aliphatic rings. The van der Waals surface area contributed by atoms with Gasteiger partial charge < -0.3 is 14.7 Å². The Balaban J connectivity index is 0.00000156. The van der Waals surface area contributed by atoms with Crippen molar-refractivity contribution in [1.82, 2.24) is 15.4 Å². The molecule has 1 amide bonds. The molecule has 1 aromatic heterocycles. The van der Waals surface area contributed by atoms with Gasteiger partial charge in [-0.1, -0.05) is 29.4 Å². The third kappa shape index (κ3) is 2.64. The van der Waals surface area contributed by atoms with E-state index in [0.717, 1.165) is 19.6 Å². The minimum atomic E-state index is -0.0554. The van der Waals surface area contributed by atoms with E-state index in [-0.39, 0.29) is 24.4 Å². The van der Waals surface area contributed by atoms with Crippen molar-refractivity contribution >= 4 is 18.3 Å². The van der Waals surface area contributed by atoms with E-state index in [2.05, 4.69) is 35.6 Å². The number of nitrogens with one attached hydrogen (secondary N) is 1. The highest BCUT2D eigenvalue weighted by Gasteiger charge is 2.47. The van der Waals surface area contributed by atoms with E-state index in [1.165, 1.54) is 17.3 Å². The molecule has 2 saturated heterocycles. The van der Waals surface area contributed by atoms with E-state index in [1.54, 1.807) is 6.07 Å². The summed E-state index contributed by atoms with van der Waals surface area (Å²) in [7, 11) is 0. The summed E-state index contributed by atoms with van der Waals surface area (Å²) in [6.07, 6.45) is 1.52. The van der Waals surface area contributed by atoms with E-state index < -0.39 is 0 Å². The van der Waals surface area contributed by atoms with Gasteiger partial charge in [0.1, 0.15) is 0 Å². The van der Waals surface area contributed by atoms with Gasteiger partial charge in [-0.05, 0) is 24.0 Å². The van der Waals surface area contributed by atoms with E-state index >= 15 is 0 Å². The first-order valence-corrected chi connectivity index (χ1v) is 7.73. The molecular weight excluding hydrogens is 314 g/mol. The standard InChI is InChI=1S/C17H19N3O2.ClH/c1-11-4-2-3-5-13(11)16-14-9-18-8-12(14)10-20(16)17(21)15-6-7-19-22-15;/h2-7,12,14,16,18H,8-10H2,1H3;1H/t12-,14-,16+;/m0./s1. The molecular formula is C17H20ClN3O2. The van der Waals surface area contributed by atoms with Crippen molar-refractivity contribution in [3.63, 3.8) is 0 Å². The number of aryl methyl sites for hydroxylation is 1. The average molecular weight is 334 g/mol. The summed E-state index contributed by atoms with van der Waals surface area (Å²) in [4.78, 5) is 14.8. The first-order valence-electron chi connectivity index (χ1n) is 7.73. The van der Waals surface area contributed by atoms with Crippen molar-refractivity contribution in [2.24, 2.45) is 11.8 Å². The SMILES string of the molecule is Cc1ccccc1[C@@H]1[C@H]2CNC[C@H]2CN1C(=O)c1ccno1.Cl. The number of hydrogen-bond donors (Lipinski definition) is 1. The van der Waals surface area contributed by atoms with Crippen molar-refractivity contribution in [2.75, 3.05) is 19.6 Å². The highest BCUT2D eigenvalue weighted by atomic mass is 35.5. The Morgan fingerprint density at radius 3 is 2.87 bits per heavy atom. The van der Waals surface area contributed by atoms with Gasteiger partial charge in [0.05, 0.1) is 12.2 Å². The lowest BCUT2D eigenvalue weighted by molar-refractivity contribution is 0.0671. The largest absolute Gasteiger partial charge is 0.351 e. The molecule has 1 aromatic carbocycles. The summed E-state index contributed by atoms with van der Waals surface area (Å²) >= 11 is 0. The number of hydrogen-bond acceptors (Lipinski definition) is 4. The molecule has 2 aliphatic heterocycles. The molecule has 2 aromatic rings. The maximum atomic E-state index is 12.8. The van der Waals surface area contributed by atoms with Crippen molar-refractivity contribution in [2.45, 2.75) is 13.0 Å². The van der Waals surface area contributed by atoms with Crippen molar-refractivity contribution in [3.8, 4) is 0 Å². The van der Waals surface area contributed by atoms with Gasteiger partial charge >= 0.3 is 0 Å². The van der Waals surface area contributed by atoms with Crippen LogP contribution in [-0.4, -0.2) is 35.6 Å². The van der Waals surface area contributed by atoms with Crippen molar-refractivity contribution in [1.29, 1.82) is 0 Å². The number of nitrogens with zero attached hydrogens (tertiary/aromatic N) is 2. The summed E-state index contributed by atoms with van der Waals surface area (Å²) in [5, 5.41) is 7.13. The lowest BCUT2D eigenvalue weighted by atomic mass is 9.87. The van der Waals surface area contributed by atoms with Gasteiger partial charge in [0.25, 0.3) is 5.91 Å². The topological polar surface area (TPSA) is 58.4 Å². The second-order valence-corrected chi connectivity index (χ2v) is 6.22. The van der Waals surface area contributed by atoms with Gasteiger partial charge in [0.2, 0.25) is 5.76 Å². The van der Waals surface area contributed by atoms with Gasteiger partial charge in [0, 0.05) is 31.6 Å². The van der Waals surface area contributed by atoms with Gasteiger partial charge in [-0.25, -0.2) is 0 Å². The highest BCUT2D eigenvalue weighted by molar-refractivity contribution is 5.92. The third-order valence-electron chi connectivity index (χ3n) is 4.98. The number of halogens is 1. The van der Waals surface area contributed by atoms with Crippen LogP contribution in [0.25, 0.3) is 0 Å². The Bertz CT molecular complexity index is 689. The molecule has 2 fully saturated rings. The van der Waals surface area contributed by atoms with Gasteiger partial charge in [0.15, 0.2) is 0 Å². The quantitative estimate of drug-likeness (QED) is 0.917. The Labute approximate surface area is 141 Å². The molecule has 6 heteroatoms. The number of amides is 1. The molecule has 23 heavy (non-hydrogen) atoms. The highest BCUT2D eigenvalue weighted by Crippen LogP contribution is 2.44. The molecule has 0 aliphatic carbocycles. The zero-order chi connectivity index (χ0) is 15.1.